The summed E-state index contributed by atoms with van der Waals surface area (Å²) in [7, 11) is 2.18. The predicted molar refractivity (Wildman–Crippen MR) is 87.2 cm³/mol. The summed E-state index contributed by atoms with van der Waals surface area (Å²) in [4.78, 5) is 12.1. The predicted octanol–water partition coefficient (Wildman–Crippen LogP) is 4.18. The molecule has 114 valence electrons. The highest BCUT2D eigenvalue weighted by atomic mass is 16.1. The zero-order chi connectivity index (χ0) is 15.7. The molecule has 0 aromatic carbocycles. The fraction of sp³-hybridized carbons (Fsp3) is 0.750. The second-order valence-corrected chi connectivity index (χ2v) is 4.04. The van der Waals surface area contributed by atoms with Crippen LogP contribution in [0.1, 0.15) is 54.4 Å². The van der Waals surface area contributed by atoms with Crippen molar-refractivity contribution in [2.45, 2.75) is 54.4 Å². The van der Waals surface area contributed by atoms with Gasteiger partial charge in [0.15, 0.2) is 6.29 Å². The molecule has 1 aliphatic heterocycles. The number of rotatable bonds is 3. The van der Waals surface area contributed by atoms with Gasteiger partial charge in [0, 0.05) is 6.54 Å². The molecule has 19 heavy (non-hydrogen) atoms. The average molecular weight is 270 g/mol. The standard InChI is InChI=1S/C6H9NO.C6H13N.2C2H6/c1-2-3-4-6(7)5-8;1-6-3-4-7(2)5-6;2*1-2/h3-5,7H,2H2,1H3;6H,3-5H2,1-2H3;2*1-2H3/b4-3-,7-6?;;;. The van der Waals surface area contributed by atoms with Crippen molar-refractivity contribution in [1.82, 2.24) is 4.90 Å². The van der Waals surface area contributed by atoms with E-state index < -0.39 is 0 Å². The Morgan fingerprint density at radius 2 is 1.84 bits per heavy atom. The van der Waals surface area contributed by atoms with E-state index in [1.807, 2.05) is 34.6 Å². The summed E-state index contributed by atoms with van der Waals surface area (Å²) < 4.78 is 0. The van der Waals surface area contributed by atoms with E-state index in [4.69, 9.17) is 5.41 Å². The number of hydrogen-bond acceptors (Lipinski definition) is 3. The maximum absolute atomic E-state index is 9.73. The number of hydrogen-bond donors (Lipinski definition) is 1. The second-order valence-electron chi connectivity index (χ2n) is 4.04. The van der Waals surface area contributed by atoms with Crippen molar-refractivity contribution in [2.75, 3.05) is 20.1 Å². The first kappa shape index (κ1) is 23.2. The molecule has 0 radical (unpaired) electrons. The maximum atomic E-state index is 9.73. The molecule has 0 aromatic rings. The van der Waals surface area contributed by atoms with Gasteiger partial charge in [-0.3, -0.25) is 10.2 Å². The minimum atomic E-state index is 0.0341. The number of likely N-dealkylation sites (tertiary alicyclic amines) is 1. The first-order valence-electron chi connectivity index (χ1n) is 7.49. The zero-order valence-electron chi connectivity index (χ0n) is 14.0. The third-order valence-corrected chi connectivity index (χ3v) is 2.29. The number of allylic oxidation sites excluding steroid dienone is 2. The van der Waals surface area contributed by atoms with Crippen molar-refractivity contribution in [3.05, 3.63) is 12.2 Å². The van der Waals surface area contributed by atoms with Gasteiger partial charge in [-0.1, -0.05) is 47.6 Å². The quantitative estimate of drug-likeness (QED) is 0.617. The Kier molecular flexibility index (Phi) is 23.6. The summed E-state index contributed by atoms with van der Waals surface area (Å²) >= 11 is 0. The molecule has 1 aliphatic rings. The topological polar surface area (TPSA) is 44.2 Å². The molecule has 1 N–H and O–H groups in total. The summed E-state index contributed by atoms with van der Waals surface area (Å²) in [5.41, 5.74) is 0.0341. The van der Waals surface area contributed by atoms with Crippen molar-refractivity contribution in [2.24, 2.45) is 5.92 Å². The van der Waals surface area contributed by atoms with Crippen LogP contribution in [0.25, 0.3) is 0 Å². The molecule has 0 aromatic heterocycles. The van der Waals surface area contributed by atoms with E-state index in [0.29, 0.717) is 6.29 Å². The molecule has 1 unspecified atom stereocenters. The second kappa shape index (κ2) is 19.4. The van der Waals surface area contributed by atoms with Crippen LogP contribution in [-0.2, 0) is 4.79 Å². The van der Waals surface area contributed by atoms with Gasteiger partial charge in [-0.2, -0.15) is 0 Å². The lowest BCUT2D eigenvalue weighted by Gasteiger charge is -2.03. The molecule has 3 heteroatoms. The van der Waals surface area contributed by atoms with Crippen molar-refractivity contribution in [1.29, 1.82) is 5.41 Å². The van der Waals surface area contributed by atoms with Gasteiger partial charge in [-0.25, -0.2) is 0 Å². The third kappa shape index (κ3) is 19.6. The van der Waals surface area contributed by atoms with E-state index in [1.165, 1.54) is 25.6 Å². The molecule has 0 saturated carbocycles. The van der Waals surface area contributed by atoms with E-state index in [-0.39, 0.29) is 5.71 Å². The van der Waals surface area contributed by atoms with Crippen LogP contribution in [0, 0.1) is 11.3 Å². The monoisotopic (exact) mass is 270 g/mol. The number of carbonyl (C=O) groups is 1. The molecule has 0 amide bonds. The van der Waals surface area contributed by atoms with Gasteiger partial charge in [0.25, 0.3) is 0 Å². The summed E-state index contributed by atoms with van der Waals surface area (Å²) in [5, 5.41) is 6.79. The summed E-state index contributed by atoms with van der Waals surface area (Å²) in [6.45, 7) is 14.9. The minimum absolute atomic E-state index is 0.0341. The van der Waals surface area contributed by atoms with Crippen molar-refractivity contribution in [3.63, 3.8) is 0 Å². The SMILES string of the molecule is CC.CC.CC/C=C\C(=N)C=O.CC1CCN(C)C1. The van der Waals surface area contributed by atoms with Crippen LogP contribution in [0.15, 0.2) is 12.2 Å². The Hall–Kier alpha value is -0.960. The zero-order valence-corrected chi connectivity index (χ0v) is 14.0. The van der Waals surface area contributed by atoms with Crippen molar-refractivity contribution < 1.29 is 4.79 Å². The largest absolute Gasteiger partial charge is 0.306 e. The fourth-order valence-corrected chi connectivity index (χ4v) is 1.44. The highest BCUT2D eigenvalue weighted by Gasteiger charge is 2.13. The van der Waals surface area contributed by atoms with Crippen LogP contribution in [-0.4, -0.2) is 37.0 Å². The van der Waals surface area contributed by atoms with Gasteiger partial charge in [0.2, 0.25) is 0 Å². The van der Waals surface area contributed by atoms with Crippen LogP contribution in [0.3, 0.4) is 0 Å². The molecular weight excluding hydrogens is 236 g/mol. The lowest BCUT2D eigenvalue weighted by atomic mass is 10.2. The lowest BCUT2D eigenvalue weighted by molar-refractivity contribution is -0.102. The Morgan fingerprint density at radius 3 is 2.05 bits per heavy atom. The Labute approximate surface area is 120 Å². The first-order chi connectivity index (χ1) is 9.10. The maximum Gasteiger partial charge on any atom is 0.167 e. The van der Waals surface area contributed by atoms with Crippen LogP contribution in [0.5, 0.6) is 0 Å². The third-order valence-electron chi connectivity index (χ3n) is 2.29. The lowest BCUT2D eigenvalue weighted by Crippen LogP contribution is -2.12. The van der Waals surface area contributed by atoms with E-state index >= 15 is 0 Å². The van der Waals surface area contributed by atoms with Gasteiger partial charge >= 0.3 is 0 Å². The van der Waals surface area contributed by atoms with Gasteiger partial charge in [-0.15, -0.1) is 0 Å². The summed E-state index contributed by atoms with van der Waals surface area (Å²) in [6.07, 6.45) is 6.06. The molecule has 1 saturated heterocycles. The van der Waals surface area contributed by atoms with E-state index in [2.05, 4.69) is 18.9 Å². The summed E-state index contributed by atoms with van der Waals surface area (Å²) in [6, 6.07) is 0. The van der Waals surface area contributed by atoms with Crippen LogP contribution in [0.4, 0.5) is 0 Å². The molecule has 0 aliphatic carbocycles. The number of carbonyl (C=O) groups excluding carboxylic acids is 1. The van der Waals surface area contributed by atoms with Gasteiger partial charge in [-0.05, 0) is 38.4 Å². The molecule has 1 atom stereocenters. The highest BCUT2D eigenvalue weighted by molar-refractivity contribution is 6.32. The molecule has 3 nitrogen and oxygen atoms in total. The molecular formula is C16H34N2O. The van der Waals surface area contributed by atoms with Crippen LogP contribution >= 0.6 is 0 Å². The highest BCUT2D eigenvalue weighted by Crippen LogP contribution is 2.11. The molecule has 1 heterocycles. The van der Waals surface area contributed by atoms with E-state index in [1.54, 1.807) is 6.08 Å². The Balaban J connectivity index is -0.000000214. The minimum Gasteiger partial charge on any atom is -0.306 e. The number of nitrogens with zero attached hydrogens (tertiary/aromatic N) is 1. The molecule has 1 fully saturated rings. The molecule has 0 spiro atoms. The average Bonchev–Trinajstić information content (AvgIpc) is 2.84. The smallest absolute Gasteiger partial charge is 0.167 e. The van der Waals surface area contributed by atoms with E-state index in [0.717, 1.165) is 12.3 Å². The van der Waals surface area contributed by atoms with Gasteiger partial charge in [0.05, 0.1) is 5.71 Å². The molecule has 0 bridgehead atoms. The van der Waals surface area contributed by atoms with E-state index in [9.17, 15) is 4.79 Å². The van der Waals surface area contributed by atoms with Gasteiger partial charge < -0.3 is 4.90 Å². The summed E-state index contributed by atoms with van der Waals surface area (Å²) in [5.74, 6) is 0.949. The van der Waals surface area contributed by atoms with Crippen LogP contribution in [0.2, 0.25) is 0 Å². The number of aldehydes is 1. The number of nitrogens with one attached hydrogen (secondary N) is 1. The van der Waals surface area contributed by atoms with Gasteiger partial charge in [0.1, 0.15) is 0 Å². The molecule has 1 rings (SSSR count). The fourth-order valence-electron chi connectivity index (χ4n) is 1.44. The first-order valence-corrected chi connectivity index (χ1v) is 7.49. The van der Waals surface area contributed by atoms with Crippen LogP contribution < -0.4 is 0 Å². The van der Waals surface area contributed by atoms with Crippen molar-refractivity contribution in [3.8, 4) is 0 Å². The van der Waals surface area contributed by atoms with Crippen molar-refractivity contribution >= 4 is 12.0 Å². The Morgan fingerprint density at radius 1 is 1.32 bits per heavy atom. The normalized spacial score (nSPS) is 17.3. The Bertz CT molecular complexity index is 217.